The number of nitrogens with one attached hydrogen (secondary N) is 2. The van der Waals surface area contributed by atoms with E-state index < -0.39 is 23.1 Å². The molecule has 0 bridgehead atoms. The third-order valence-corrected chi connectivity index (χ3v) is 7.11. The molecule has 2 amide bonds. The number of aromatic nitrogens is 1. The molecule has 1 aromatic heterocycles. The number of ether oxygens (including phenoxy) is 1. The summed E-state index contributed by atoms with van der Waals surface area (Å²) in [6.45, 7) is 10.5. The van der Waals surface area contributed by atoms with Gasteiger partial charge in [0.1, 0.15) is 22.8 Å². The summed E-state index contributed by atoms with van der Waals surface area (Å²) in [5.41, 5.74) is -0.538. The third kappa shape index (κ3) is 5.20. The summed E-state index contributed by atoms with van der Waals surface area (Å²) in [6.07, 6.45) is 2.94. The minimum atomic E-state index is -1.09. The lowest BCUT2D eigenvalue weighted by molar-refractivity contribution is -0.127. The van der Waals surface area contributed by atoms with Crippen LogP contribution in [0.5, 0.6) is 0 Å². The van der Waals surface area contributed by atoms with Crippen molar-refractivity contribution < 1.29 is 18.7 Å². The summed E-state index contributed by atoms with van der Waals surface area (Å²) < 4.78 is 21.4. The SMILES string of the molecule is CCN(C(=O)OC(C)(C)C)c1cc(F)cc2c1NC(=O)C2(C)N1CCC[C@@H](Nc2ccc(Br)cn2)C1. The Balaban J connectivity index is 1.65. The van der Waals surface area contributed by atoms with Crippen molar-refractivity contribution in [3.05, 3.63) is 46.3 Å². The average Bonchev–Trinajstić information content (AvgIpc) is 3.06. The first kappa shape index (κ1) is 26.3. The van der Waals surface area contributed by atoms with Crippen molar-refractivity contribution in [2.75, 3.05) is 35.2 Å². The number of nitrogens with zero attached hydrogens (tertiary/aromatic N) is 3. The Kier molecular flexibility index (Phi) is 7.30. The fourth-order valence-corrected chi connectivity index (χ4v) is 5.11. The van der Waals surface area contributed by atoms with E-state index in [1.54, 1.807) is 33.9 Å². The summed E-state index contributed by atoms with van der Waals surface area (Å²) in [7, 11) is 0. The largest absolute Gasteiger partial charge is 0.443 e. The van der Waals surface area contributed by atoms with Gasteiger partial charge in [-0.15, -0.1) is 0 Å². The van der Waals surface area contributed by atoms with E-state index in [0.717, 1.165) is 23.1 Å². The molecule has 1 unspecified atom stereocenters. The van der Waals surface area contributed by atoms with Gasteiger partial charge in [-0.1, -0.05) is 0 Å². The molecule has 3 heterocycles. The molecule has 2 aliphatic heterocycles. The zero-order chi connectivity index (χ0) is 26.3. The highest BCUT2D eigenvalue weighted by atomic mass is 79.9. The van der Waals surface area contributed by atoms with Crippen molar-refractivity contribution in [1.29, 1.82) is 0 Å². The Hall–Kier alpha value is -2.72. The number of rotatable bonds is 5. The Morgan fingerprint density at radius 2 is 2.14 bits per heavy atom. The highest BCUT2D eigenvalue weighted by Gasteiger charge is 2.50. The predicted molar refractivity (Wildman–Crippen MR) is 142 cm³/mol. The van der Waals surface area contributed by atoms with Crippen LogP contribution in [0.15, 0.2) is 34.9 Å². The van der Waals surface area contributed by atoms with Crippen LogP contribution in [0.2, 0.25) is 0 Å². The quantitative estimate of drug-likeness (QED) is 0.502. The van der Waals surface area contributed by atoms with Gasteiger partial charge < -0.3 is 15.4 Å². The molecule has 2 atom stereocenters. The molecule has 194 valence electrons. The number of carbonyl (C=O) groups is 2. The Morgan fingerprint density at radius 1 is 1.39 bits per heavy atom. The van der Waals surface area contributed by atoms with Crippen LogP contribution >= 0.6 is 15.9 Å². The maximum Gasteiger partial charge on any atom is 0.414 e. The molecule has 2 aliphatic rings. The van der Waals surface area contributed by atoms with Crippen molar-refractivity contribution in [2.24, 2.45) is 0 Å². The minimum Gasteiger partial charge on any atom is -0.443 e. The number of piperidine rings is 1. The van der Waals surface area contributed by atoms with Crippen molar-refractivity contribution in [3.63, 3.8) is 0 Å². The molecule has 10 heteroatoms. The maximum atomic E-state index is 15.0. The second-order valence-electron chi connectivity index (χ2n) is 10.4. The maximum absolute atomic E-state index is 15.0. The molecule has 1 aromatic carbocycles. The van der Waals surface area contributed by atoms with Gasteiger partial charge in [-0.3, -0.25) is 14.6 Å². The highest BCUT2D eigenvalue weighted by molar-refractivity contribution is 9.10. The number of halogens is 2. The Labute approximate surface area is 219 Å². The third-order valence-electron chi connectivity index (χ3n) is 6.64. The Morgan fingerprint density at radius 3 is 2.78 bits per heavy atom. The summed E-state index contributed by atoms with van der Waals surface area (Å²) in [5.74, 6) is 0.00185. The average molecular weight is 562 g/mol. The van der Waals surface area contributed by atoms with Gasteiger partial charge in [0.05, 0.1) is 11.4 Å². The van der Waals surface area contributed by atoms with E-state index in [2.05, 4.69) is 36.4 Å². The number of hydrogen-bond acceptors (Lipinski definition) is 6. The number of anilines is 3. The van der Waals surface area contributed by atoms with E-state index in [4.69, 9.17) is 4.74 Å². The number of pyridine rings is 1. The number of likely N-dealkylation sites (tertiary alicyclic amines) is 1. The molecule has 36 heavy (non-hydrogen) atoms. The second-order valence-corrected chi connectivity index (χ2v) is 11.3. The lowest BCUT2D eigenvalue weighted by Gasteiger charge is -2.42. The molecule has 0 spiro atoms. The second kappa shape index (κ2) is 9.97. The highest BCUT2D eigenvalue weighted by Crippen LogP contribution is 2.46. The van der Waals surface area contributed by atoms with Crippen LogP contribution in [0.4, 0.5) is 26.4 Å². The molecule has 8 nitrogen and oxygen atoms in total. The van der Waals surface area contributed by atoms with E-state index in [1.807, 2.05) is 19.1 Å². The van der Waals surface area contributed by atoms with Crippen LogP contribution < -0.4 is 15.5 Å². The lowest BCUT2D eigenvalue weighted by atomic mass is 9.88. The number of carbonyl (C=O) groups excluding carboxylic acids is 2. The number of benzene rings is 1. The topological polar surface area (TPSA) is 86.8 Å². The molecular weight excluding hydrogens is 529 g/mol. The summed E-state index contributed by atoms with van der Waals surface area (Å²) in [6, 6.07) is 6.57. The molecule has 1 fully saturated rings. The van der Waals surface area contributed by atoms with Crippen LogP contribution in [-0.2, 0) is 15.1 Å². The van der Waals surface area contributed by atoms with E-state index in [9.17, 15) is 14.0 Å². The van der Waals surface area contributed by atoms with Gasteiger partial charge in [0.15, 0.2) is 0 Å². The lowest BCUT2D eigenvalue weighted by Crippen LogP contribution is -2.55. The number of amides is 2. The van der Waals surface area contributed by atoms with Gasteiger partial charge in [-0.2, -0.15) is 0 Å². The van der Waals surface area contributed by atoms with Crippen molar-refractivity contribution in [1.82, 2.24) is 9.88 Å². The van der Waals surface area contributed by atoms with Crippen LogP contribution in [0, 0.1) is 5.82 Å². The van der Waals surface area contributed by atoms with Crippen LogP contribution in [-0.4, -0.2) is 53.2 Å². The zero-order valence-electron chi connectivity index (χ0n) is 21.3. The number of hydrogen-bond donors (Lipinski definition) is 2. The van der Waals surface area contributed by atoms with Crippen molar-refractivity contribution >= 4 is 45.1 Å². The van der Waals surface area contributed by atoms with Gasteiger partial charge in [-0.05, 0) is 94.2 Å². The molecule has 4 rings (SSSR count). The fraction of sp³-hybridized carbons (Fsp3) is 0.500. The molecule has 2 N–H and O–H groups in total. The van der Waals surface area contributed by atoms with E-state index in [1.165, 1.54) is 17.0 Å². The van der Waals surface area contributed by atoms with Crippen LogP contribution in [0.3, 0.4) is 0 Å². The molecular formula is C26H33BrFN5O3. The van der Waals surface area contributed by atoms with Crippen molar-refractivity contribution in [2.45, 2.75) is 64.6 Å². The minimum absolute atomic E-state index is 0.0723. The van der Waals surface area contributed by atoms with Crippen molar-refractivity contribution in [3.8, 4) is 0 Å². The smallest absolute Gasteiger partial charge is 0.414 e. The van der Waals surface area contributed by atoms with Gasteiger partial charge in [0.2, 0.25) is 5.91 Å². The molecule has 0 aliphatic carbocycles. The van der Waals surface area contributed by atoms with E-state index in [0.29, 0.717) is 30.0 Å². The summed E-state index contributed by atoms with van der Waals surface area (Å²) in [4.78, 5) is 34.3. The van der Waals surface area contributed by atoms with E-state index >= 15 is 0 Å². The first-order valence-corrected chi connectivity index (χ1v) is 13.0. The first-order valence-electron chi connectivity index (χ1n) is 12.2. The molecule has 0 radical (unpaired) electrons. The number of fused-ring (bicyclic) bond motifs is 1. The zero-order valence-corrected chi connectivity index (χ0v) is 22.9. The monoisotopic (exact) mass is 561 g/mol. The van der Waals surface area contributed by atoms with Gasteiger partial charge in [0.25, 0.3) is 0 Å². The molecule has 1 saturated heterocycles. The fourth-order valence-electron chi connectivity index (χ4n) is 4.88. The standard InChI is InChI=1S/C26H33BrFN5O3/c1-6-33(24(35)36-25(2,3)4)20-13-17(28)12-19-22(20)31-23(34)26(19,5)32-11-7-8-18(15-32)30-21-10-9-16(27)14-29-21/h9-10,12-14,18H,6-8,11,15H2,1-5H3,(H,29,30)(H,31,34)/t18-,26?/m1/s1. The Bertz CT molecular complexity index is 1150. The molecule has 0 saturated carbocycles. The van der Waals surface area contributed by atoms with Gasteiger partial charge in [0, 0.05) is 35.4 Å². The van der Waals surface area contributed by atoms with Gasteiger partial charge >= 0.3 is 6.09 Å². The van der Waals surface area contributed by atoms with E-state index in [-0.39, 0.29) is 18.5 Å². The van der Waals surface area contributed by atoms with Crippen LogP contribution in [0.25, 0.3) is 0 Å². The normalized spacial score (nSPS) is 22.1. The predicted octanol–water partition coefficient (Wildman–Crippen LogP) is 5.49. The molecule has 2 aromatic rings. The first-order chi connectivity index (χ1) is 16.9. The van der Waals surface area contributed by atoms with Gasteiger partial charge in [-0.25, -0.2) is 14.2 Å². The summed E-state index contributed by atoms with van der Waals surface area (Å²) in [5, 5.41) is 6.41. The van der Waals surface area contributed by atoms with Crippen LogP contribution in [0.1, 0.15) is 53.0 Å². The summed E-state index contributed by atoms with van der Waals surface area (Å²) >= 11 is 3.40.